The predicted molar refractivity (Wildman–Crippen MR) is 79.7 cm³/mol. The first-order valence-corrected chi connectivity index (χ1v) is 8.79. The van der Waals surface area contributed by atoms with Gasteiger partial charge in [-0.1, -0.05) is 0 Å². The molecule has 3 rings (SSSR count). The van der Waals surface area contributed by atoms with Crippen LogP contribution in [0.3, 0.4) is 0 Å². The van der Waals surface area contributed by atoms with Crippen LogP contribution in [0.25, 0.3) is 0 Å². The maximum absolute atomic E-state index is 12.4. The van der Waals surface area contributed by atoms with E-state index in [0.29, 0.717) is 5.92 Å². The summed E-state index contributed by atoms with van der Waals surface area (Å²) in [6, 6.07) is 0.0294. The molecule has 0 aromatic carbocycles. The van der Waals surface area contributed by atoms with Gasteiger partial charge in [0.1, 0.15) is 0 Å². The third-order valence-corrected chi connectivity index (χ3v) is 5.80. The fourth-order valence-corrected chi connectivity index (χ4v) is 4.57. The van der Waals surface area contributed by atoms with E-state index in [1.165, 1.54) is 5.01 Å². The van der Waals surface area contributed by atoms with Crippen LogP contribution in [0.1, 0.15) is 29.5 Å². The highest BCUT2D eigenvalue weighted by molar-refractivity contribution is 7.99. The normalized spacial score (nSPS) is 27.7. The molecule has 1 N–H and O–H groups in total. The molecule has 3 heterocycles. The lowest BCUT2D eigenvalue weighted by molar-refractivity contribution is -0.133. The highest BCUT2D eigenvalue weighted by Crippen LogP contribution is 2.29. The number of carbonyl (C=O) groups excluding carboxylic acids is 1. The Labute approximate surface area is 122 Å². The van der Waals surface area contributed by atoms with Gasteiger partial charge in [-0.2, -0.15) is 0 Å². The quantitative estimate of drug-likeness (QED) is 0.904. The fourth-order valence-electron chi connectivity index (χ4n) is 2.71. The number of hydrogen-bond donors (Lipinski definition) is 1. The number of nitrogens with one attached hydrogen (secondary N) is 1. The fraction of sp³-hybridized carbons (Fsp3) is 0.692. The summed E-state index contributed by atoms with van der Waals surface area (Å²) in [6.45, 7) is 3.78. The van der Waals surface area contributed by atoms with Gasteiger partial charge in [0.05, 0.1) is 11.0 Å². The Morgan fingerprint density at radius 3 is 3.16 bits per heavy atom. The van der Waals surface area contributed by atoms with Gasteiger partial charge in [-0.05, 0) is 19.8 Å². The molecule has 2 saturated heterocycles. The Bertz CT molecular complexity index is 456. The number of hydrogen-bond acceptors (Lipinski definition) is 5. The van der Waals surface area contributed by atoms with Crippen LogP contribution in [-0.4, -0.2) is 46.6 Å². The second kappa shape index (κ2) is 5.81. The summed E-state index contributed by atoms with van der Waals surface area (Å²) in [5, 5.41) is 6.57. The van der Waals surface area contributed by atoms with Gasteiger partial charge < -0.3 is 4.90 Å². The van der Waals surface area contributed by atoms with Gasteiger partial charge in [-0.25, -0.2) is 4.98 Å². The number of thioether (sulfide) groups is 1. The molecule has 2 atom stereocenters. The van der Waals surface area contributed by atoms with Crippen LogP contribution in [0.5, 0.6) is 0 Å². The van der Waals surface area contributed by atoms with E-state index < -0.39 is 0 Å². The lowest BCUT2D eigenvalue weighted by Crippen LogP contribution is -2.48. The highest BCUT2D eigenvalue weighted by Gasteiger charge is 2.31. The van der Waals surface area contributed by atoms with Gasteiger partial charge in [0.25, 0.3) is 0 Å². The van der Waals surface area contributed by atoms with Crippen molar-refractivity contribution in [2.24, 2.45) is 0 Å². The Kier molecular flexibility index (Phi) is 4.10. The summed E-state index contributed by atoms with van der Waals surface area (Å²) < 4.78 is 0. The van der Waals surface area contributed by atoms with Crippen LogP contribution < -0.4 is 5.32 Å². The monoisotopic (exact) mass is 297 g/mol. The number of likely N-dealkylation sites (tertiary alicyclic amines) is 1. The standard InChI is InChI=1S/C13H19N3OS2/c1-9-6-19-12(15-9)10-3-2-4-16(5-10)13(17)11-7-18-8-14-11/h6,10-11,14H,2-5,7-8H2,1H3/t10-,11-/m1/s1. The molecular weight excluding hydrogens is 278 g/mol. The molecule has 1 aromatic rings. The molecule has 2 fully saturated rings. The molecule has 1 amide bonds. The predicted octanol–water partition coefficient (Wildman–Crippen LogP) is 1.82. The SMILES string of the molecule is Cc1csc([C@@H]2CCCN(C(=O)[C@H]3CSCN3)C2)n1. The second-order valence-electron chi connectivity index (χ2n) is 5.22. The van der Waals surface area contributed by atoms with E-state index in [0.717, 1.165) is 43.3 Å². The molecule has 0 spiro atoms. The summed E-state index contributed by atoms with van der Waals surface area (Å²) in [5.74, 6) is 2.53. The van der Waals surface area contributed by atoms with Crippen molar-refractivity contribution in [3.8, 4) is 0 Å². The number of rotatable bonds is 2. The molecule has 2 aliphatic rings. The second-order valence-corrected chi connectivity index (χ2v) is 7.14. The zero-order chi connectivity index (χ0) is 13.2. The zero-order valence-electron chi connectivity index (χ0n) is 11.1. The molecule has 19 heavy (non-hydrogen) atoms. The van der Waals surface area contributed by atoms with E-state index in [1.54, 1.807) is 23.1 Å². The largest absolute Gasteiger partial charge is 0.341 e. The topological polar surface area (TPSA) is 45.2 Å². The number of nitrogens with zero attached hydrogens (tertiary/aromatic N) is 2. The molecular formula is C13H19N3OS2. The third-order valence-electron chi connectivity index (χ3n) is 3.73. The van der Waals surface area contributed by atoms with E-state index in [2.05, 4.69) is 15.7 Å². The minimum Gasteiger partial charge on any atom is -0.341 e. The van der Waals surface area contributed by atoms with Gasteiger partial charge in [0.15, 0.2) is 0 Å². The van der Waals surface area contributed by atoms with Crippen molar-refractivity contribution in [3.05, 3.63) is 16.1 Å². The summed E-state index contributed by atoms with van der Waals surface area (Å²) in [6.07, 6.45) is 2.25. The molecule has 0 saturated carbocycles. The first-order valence-electron chi connectivity index (χ1n) is 6.76. The number of aryl methyl sites for hydroxylation is 1. The molecule has 0 bridgehead atoms. The Morgan fingerprint density at radius 1 is 1.58 bits per heavy atom. The van der Waals surface area contributed by atoms with Crippen molar-refractivity contribution in [2.45, 2.75) is 31.7 Å². The average molecular weight is 297 g/mol. The number of thiazole rings is 1. The molecule has 0 aliphatic carbocycles. The maximum Gasteiger partial charge on any atom is 0.240 e. The van der Waals surface area contributed by atoms with Crippen molar-refractivity contribution in [1.29, 1.82) is 0 Å². The number of piperidine rings is 1. The van der Waals surface area contributed by atoms with E-state index in [4.69, 9.17) is 0 Å². The molecule has 6 heteroatoms. The molecule has 1 aromatic heterocycles. The van der Waals surface area contributed by atoms with Crippen molar-refractivity contribution < 1.29 is 4.79 Å². The zero-order valence-corrected chi connectivity index (χ0v) is 12.7. The van der Waals surface area contributed by atoms with E-state index in [-0.39, 0.29) is 11.9 Å². The summed E-state index contributed by atoms with van der Waals surface area (Å²) >= 11 is 3.54. The molecule has 104 valence electrons. The van der Waals surface area contributed by atoms with E-state index >= 15 is 0 Å². The smallest absolute Gasteiger partial charge is 0.240 e. The lowest BCUT2D eigenvalue weighted by Gasteiger charge is -2.33. The summed E-state index contributed by atoms with van der Waals surface area (Å²) in [5.41, 5.74) is 1.09. The van der Waals surface area contributed by atoms with Gasteiger partial charge >= 0.3 is 0 Å². The van der Waals surface area contributed by atoms with Crippen molar-refractivity contribution in [1.82, 2.24) is 15.2 Å². The highest BCUT2D eigenvalue weighted by atomic mass is 32.2. The van der Waals surface area contributed by atoms with Crippen LogP contribution in [0.15, 0.2) is 5.38 Å². The maximum atomic E-state index is 12.4. The first-order chi connectivity index (χ1) is 9.24. The van der Waals surface area contributed by atoms with Gasteiger partial charge in [-0.15, -0.1) is 23.1 Å². The summed E-state index contributed by atoms with van der Waals surface area (Å²) in [7, 11) is 0. The number of aromatic nitrogens is 1. The minimum absolute atomic E-state index is 0.0294. The average Bonchev–Trinajstić information content (AvgIpc) is 3.09. The van der Waals surface area contributed by atoms with Gasteiger partial charge in [0.2, 0.25) is 5.91 Å². The van der Waals surface area contributed by atoms with Gasteiger partial charge in [0, 0.05) is 41.7 Å². The lowest BCUT2D eigenvalue weighted by atomic mass is 9.98. The summed E-state index contributed by atoms with van der Waals surface area (Å²) in [4.78, 5) is 19.0. The van der Waals surface area contributed by atoms with Crippen LogP contribution >= 0.6 is 23.1 Å². The molecule has 0 unspecified atom stereocenters. The first kappa shape index (κ1) is 13.4. The molecule has 2 aliphatic heterocycles. The van der Waals surface area contributed by atoms with Crippen molar-refractivity contribution in [3.63, 3.8) is 0 Å². The Hall–Kier alpha value is -0.590. The van der Waals surface area contributed by atoms with Crippen LogP contribution in [0.2, 0.25) is 0 Å². The minimum atomic E-state index is 0.0294. The number of carbonyl (C=O) groups is 1. The Morgan fingerprint density at radius 2 is 2.47 bits per heavy atom. The molecule has 0 radical (unpaired) electrons. The van der Waals surface area contributed by atoms with E-state index in [1.807, 2.05) is 11.8 Å². The van der Waals surface area contributed by atoms with E-state index in [9.17, 15) is 4.79 Å². The van der Waals surface area contributed by atoms with Crippen LogP contribution in [-0.2, 0) is 4.79 Å². The van der Waals surface area contributed by atoms with Crippen LogP contribution in [0, 0.1) is 6.92 Å². The van der Waals surface area contributed by atoms with Crippen LogP contribution in [0.4, 0.5) is 0 Å². The Balaban J connectivity index is 1.65. The van der Waals surface area contributed by atoms with Crippen molar-refractivity contribution >= 4 is 29.0 Å². The van der Waals surface area contributed by atoms with Crippen molar-refractivity contribution in [2.75, 3.05) is 24.7 Å². The third kappa shape index (κ3) is 2.95. The number of amides is 1. The van der Waals surface area contributed by atoms with Gasteiger partial charge in [-0.3, -0.25) is 10.1 Å². The molecule has 4 nitrogen and oxygen atoms in total.